The molecule has 1 saturated heterocycles. The van der Waals surface area contributed by atoms with Crippen LogP contribution in [-0.4, -0.2) is 29.6 Å². The summed E-state index contributed by atoms with van der Waals surface area (Å²) in [7, 11) is 0. The van der Waals surface area contributed by atoms with Crippen molar-refractivity contribution in [1.29, 1.82) is 0 Å². The second kappa shape index (κ2) is 6.10. The van der Waals surface area contributed by atoms with Crippen LogP contribution in [0.5, 0.6) is 0 Å². The number of carbonyl (C=O) groups excluding carboxylic acids is 1. The quantitative estimate of drug-likeness (QED) is 0.767. The van der Waals surface area contributed by atoms with Crippen molar-refractivity contribution in [3.63, 3.8) is 0 Å². The lowest BCUT2D eigenvalue weighted by atomic mass is 10.0. The van der Waals surface area contributed by atoms with Gasteiger partial charge in [0.15, 0.2) is 0 Å². The molecule has 2 nitrogen and oxygen atoms in total. The first-order chi connectivity index (χ1) is 8.25. The van der Waals surface area contributed by atoms with Gasteiger partial charge in [0.2, 0.25) is 5.91 Å². The van der Waals surface area contributed by atoms with E-state index >= 15 is 0 Å². The van der Waals surface area contributed by atoms with Crippen LogP contribution in [0.3, 0.4) is 0 Å². The molecule has 1 atom stereocenters. The van der Waals surface area contributed by atoms with Crippen LogP contribution in [0.4, 0.5) is 0 Å². The number of benzene rings is 1. The maximum atomic E-state index is 11.3. The van der Waals surface area contributed by atoms with Crippen LogP contribution in [0.1, 0.15) is 19.8 Å². The molecule has 17 heavy (non-hydrogen) atoms. The van der Waals surface area contributed by atoms with Gasteiger partial charge in [-0.1, -0.05) is 18.2 Å². The zero-order valence-electron chi connectivity index (χ0n) is 10.3. The number of thioether (sulfide) groups is 1. The van der Waals surface area contributed by atoms with Gasteiger partial charge in [-0.25, -0.2) is 0 Å². The minimum absolute atomic E-state index is 0.222. The van der Waals surface area contributed by atoms with Crippen LogP contribution in [0.15, 0.2) is 35.2 Å². The van der Waals surface area contributed by atoms with Crippen molar-refractivity contribution in [2.45, 2.75) is 24.7 Å². The third kappa shape index (κ3) is 3.77. The molecule has 0 aromatic heterocycles. The summed E-state index contributed by atoms with van der Waals surface area (Å²) in [5.41, 5.74) is 0. The fourth-order valence-electron chi connectivity index (χ4n) is 2.22. The minimum Gasteiger partial charge on any atom is -0.343 e. The highest BCUT2D eigenvalue weighted by molar-refractivity contribution is 7.99. The first-order valence-corrected chi connectivity index (χ1v) is 7.17. The molecule has 92 valence electrons. The summed E-state index contributed by atoms with van der Waals surface area (Å²) < 4.78 is 0. The summed E-state index contributed by atoms with van der Waals surface area (Å²) in [5, 5.41) is 0. The lowest BCUT2D eigenvalue weighted by molar-refractivity contribution is -0.130. The normalized spacial score (nSPS) is 20.3. The van der Waals surface area contributed by atoms with E-state index < -0.39 is 0 Å². The first-order valence-electron chi connectivity index (χ1n) is 6.19. The highest BCUT2D eigenvalue weighted by atomic mass is 32.2. The van der Waals surface area contributed by atoms with E-state index in [1.165, 1.54) is 11.3 Å². The van der Waals surface area contributed by atoms with Crippen LogP contribution < -0.4 is 0 Å². The van der Waals surface area contributed by atoms with Crippen LogP contribution in [0.25, 0.3) is 0 Å². The lowest BCUT2D eigenvalue weighted by Gasteiger charge is -2.31. The van der Waals surface area contributed by atoms with E-state index in [1.807, 2.05) is 22.7 Å². The molecule has 0 spiro atoms. The smallest absolute Gasteiger partial charge is 0.219 e. The molecule has 0 radical (unpaired) electrons. The Morgan fingerprint density at radius 1 is 1.41 bits per heavy atom. The second-order valence-electron chi connectivity index (χ2n) is 4.60. The third-order valence-corrected chi connectivity index (χ3v) is 4.44. The van der Waals surface area contributed by atoms with E-state index in [2.05, 4.69) is 24.3 Å². The largest absolute Gasteiger partial charge is 0.343 e. The van der Waals surface area contributed by atoms with Gasteiger partial charge in [0.05, 0.1) is 0 Å². The third-order valence-electron chi connectivity index (χ3n) is 3.19. The summed E-state index contributed by atoms with van der Waals surface area (Å²) >= 11 is 1.90. The summed E-state index contributed by atoms with van der Waals surface area (Å²) in [4.78, 5) is 14.6. The predicted octanol–water partition coefficient (Wildman–Crippen LogP) is 3.04. The van der Waals surface area contributed by atoms with Gasteiger partial charge in [0, 0.05) is 30.7 Å². The van der Waals surface area contributed by atoms with Gasteiger partial charge in [-0.3, -0.25) is 4.79 Å². The molecule has 1 amide bonds. The van der Waals surface area contributed by atoms with Crippen LogP contribution in [-0.2, 0) is 4.79 Å². The zero-order valence-corrected chi connectivity index (χ0v) is 11.1. The zero-order chi connectivity index (χ0) is 12.1. The number of amides is 1. The number of likely N-dealkylation sites (tertiary alicyclic amines) is 1. The molecule has 1 aromatic rings. The molecular formula is C14H19NOS. The van der Waals surface area contributed by atoms with Crippen LogP contribution in [0, 0.1) is 5.92 Å². The van der Waals surface area contributed by atoms with Crippen molar-refractivity contribution in [3.8, 4) is 0 Å². The molecule has 0 aliphatic carbocycles. The average Bonchev–Trinajstić information content (AvgIpc) is 2.38. The monoisotopic (exact) mass is 249 g/mol. The van der Waals surface area contributed by atoms with Gasteiger partial charge < -0.3 is 4.90 Å². The molecule has 0 saturated carbocycles. The van der Waals surface area contributed by atoms with Gasteiger partial charge in [0.1, 0.15) is 0 Å². The van der Waals surface area contributed by atoms with E-state index in [0.29, 0.717) is 5.92 Å². The number of rotatable bonds is 3. The van der Waals surface area contributed by atoms with E-state index in [-0.39, 0.29) is 5.91 Å². The topological polar surface area (TPSA) is 20.3 Å². The number of hydrogen-bond donors (Lipinski definition) is 0. The second-order valence-corrected chi connectivity index (χ2v) is 5.69. The van der Waals surface area contributed by atoms with Gasteiger partial charge >= 0.3 is 0 Å². The van der Waals surface area contributed by atoms with Crippen molar-refractivity contribution in [1.82, 2.24) is 4.90 Å². The standard InChI is InChI=1S/C14H19NOS/c1-12(16)15-9-5-6-13(10-15)11-17-14-7-3-2-4-8-14/h2-4,7-8,13H,5-6,9-11H2,1H3. The Labute approximate surface area is 107 Å². The molecule has 0 bridgehead atoms. The van der Waals surface area contributed by atoms with E-state index in [1.54, 1.807) is 6.92 Å². The lowest BCUT2D eigenvalue weighted by Crippen LogP contribution is -2.39. The van der Waals surface area contributed by atoms with Crippen molar-refractivity contribution < 1.29 is 4.79 Å². The van der Waals surface area contributed by atoms with E-state index in [9.17, 15) is 4.79 Å². The average molecular weight is 249 g/mol. The Bertz CT molecular complexity index is 366. The van der Waals surface area contributed by atoms with Gasteiger partial charge in [-0.05, 0) is 30.9 Å². The molecule has 1 unspecified atom stereocenters. The highest BCUT2D eigenvalue weighted by Crippen LogP contribution is 2.25. The first kappa shape index (κ1) is 12.5. The fraction of sp³-hybridized carbons (Fsp3) is 0.500. The SMILES string of the molecule is CC(=O)N1CCCC(CSc2ccccc2)C1. The molecule has 2 rings (SSSR count). The Kier molecular flexibility index (Phi) is 4.49. The number of nitrogens with zero attached hydrogens (tertiary/aromatic N) is 1. The van der Waals surface area contributed by atoms with Gasteiger partial charge in [-0.2, -0.15) is 0 Å². The van der Waals surface area contributed by atoms with Crippen molar-refractivity contribution in [2.75, 3.05) is 18.8 Å². The van der Waals surface area contributed by atoms with Gasteiger partial charge in [-0.15, -0.1) is 11.8 Å². The van der Waals surface area contributed by atoms with Crippen molar-refractivity contribution >= 4 is 17.7 Å². The molecule has 3 heteroatoms. The highest BCUT2D eigenvalue weighted by Gasteiger charge is 2.21. The van der Waals surface area contributed by atoms with E-state index in [0.717, 1.165) is 25.3 Å². The molecule has 0 N–H and O–H groups in total. The maximum absolute atomic E-state index is 11.3. The summed E-state index contributed by atoms with van der Waals surface area (Å²) in [6.45, 7) is 3.56. The van der Waals surface area contributed by atoms with Gasteiger partial charge in [0.25, 0.3) is 0 Å². The molecule has 1 fully saturated rings. The van der Waals surface area contributed by atoms with Crippen LogP contribution >= 0.6 is 11.8 Å². The van der Waals surface area contributed by atoms with Crippen molar-refractivity contribution in [2.24, 2.45) is 5.92 Å². The number of hydrogen-bond acceptors (Lipinski definition) is 2. The van der Waals surface area contributed by atoms with Crippen molar-refractivity contribution in [3.05, 3.63) is 30.3 Å². The molecule has 1 heterocycles. The predicted molar refractivity (Wildman–Crippen MR) is 72.1 cm³/mol. The molecule has 1 aliphatic heterocycles. The Morgan fingerprint density at radius 2 is 2.18 bits per heavy atom. The Hall–Kier alpha value is -0.960. The molecular weight excluding hydrogens is 230 g/mol. The summed E-state index contributed by atoms with van der Waals surface area (Å²) in [6, 6.07) is 10.5. The fourth-order valence-corrected chi connectivity index (χ4v) is 3.27. The molecule has 1 aliphatic rings. The van der Waals surface area contributed by atoms with Crippen LogP contribution in [0.2, 0.25) is 0 Å². The molecule has 1 aromatic carbocycles. The Morgan fingerprint density at radius 3 is 2.88 bits per heavy atom. The number of carbonyl (C=O) groups is 1. The number of piperidine rings is 1. The maximum Gasteiger partial charge on any atom is 0.219 e. The Balaban J connectivity index is 1.81. The minimum atomic E-state index is 0.222. The summed E-state index contributed by atoms with van der Waals surface area (Å²) in [6.07, 6.45) is 2.41. The summed E-state index contributed by atoms with van der Waals surface area (Å²) in [5.74, 6) is 1.99. The van der Waals surface area contributed by atoms with E-state index in [4.69, 9.17) is 0 Å².